The molecule has 0 unspecified atom stereocenters. The Morgan fingerprint density at radius 2 is 1.11 bits per heavy atom. The van der Waals surface area contributed by atoms with E-state index in [1.165, 1.54) is 0 Å². The number of hydrogen-bond acceptors (Lipinski definition) is 6. The Bertz CT molecular complexity index is 1600. The van der Waals surface area contributed by atoms with Gasteiger partial charge in [-0.2, -0.15) is 0 Å². The highest BCUT2D eigenvalue weighted by atomic mass is 16.5. The number of imidazole rings is 2. The maximum atomic E-state index is 6.08. The summed E-state index contributed by atoms with van der Waals surface area (Å²) in [4.78, 5) is 17.5. The van der Waals surface area contributed by atoms with Gasteiger partial charge in [0.2, 0.25) is 12.7 Å². The van der Waals surface area contributed by atoms with E-state index in [2.05, 4.69) is 32.6 Å². The molecule has 38 heavy (non-hydrogen) atoms. The van der Waals surface area contributed by atoms with Crippen LogP contribution in [0.3, 0.4) is 0 Å². The first-order chi connectivity index (χ1) is 18.6. The summed E-state index contributed by atoms with van der Waals surface area (Å²) in [5, 5.41) is 0. The largest absolute Gasteiger partial charge is 0.456 e. The Hall–Kier alpha value is -5.38. The summed E-state index contributed by atoms with van der Waals surface area (Å²) >= 11 is 0. The first-order valence-corrected chi connectivity index (χ1v) is 11.7. The molecule has 0 bridgehead atoms. The van der Waals surface area contributed by atoms with Crippen LogP contribution < -0.4 is 18.6 Å². The second-order valence-electron chi connectivity index (χ2n) is 8.47. The number of pyridine rings is 4. The minimum Gasteiger partial charge on any atom is -0.456 e. The summed E-state index contributed by atoms with van der Waals surface area (Å²) in [5.74, 6) is 2.40. The molecule has 10 heteroatoms. The van der Waals surface area contributed by atoms with Crippen molar-refractivity contribution in [3.63, 3.8) is 0 Å². The highest BCUT2D eigenvalue weighted by Gasteiger charge is 2.09. The highest BCUT2D eigenvalue weighted by Crippen LogP contribution is 2.28. The summed E-state index contributed by atoms with van der Waals surface area (Å²) in [5.41, 5.74) is 2.96. The number of ether oxygens (including phenoxy) is 2. The summed E-state index contributed by atoms with van der Waals surface area (Å²) in [6, 6.07) is 11.0. The van der Waals surface area contributed by atoms with E-state index < -0.39 is 0 Å². The second kappa shape index (κ2) is 9.94. The van der Waals surface area contributed by atoms with Crippen LogP contribution in [-0.2, 0) is 14.1 Å². The van der Waals surface area contributed by atoms with Crippen LogP contribution >= 0.6 is 0 Å². The van der Waals surface area contributed by atoms with Crippen molar-refractivity contribution >= 4 is 0 Å². The zero-order chi connectivity index (χ0) is 25.9. The maximum Gasteiger partial charge on any atom is 0.243 e. The fourth-order valence-electron chi connectivity index (χ4n) is 3.79. The van der Waals surface area contributed by atoms with Gasteiger partial charge >= 0.3 is 0 Å². The van der Waals surface area contributed by atoms with Crippen molar-refractivity contribution in [1.82, 2.24) is 29.1 Å². The second-order valence-corrected chi connectivity index (χ2v) is 8.47. The van der Waals surface area contributed by atoms with E-state index in [4.69, 9.17) is 9.47 Å². The molecule has 0 radical (unpaired) electrons. The molecule has 0 saturated carbocycles. The minimum absolute atomic E-state index is 0.593. The average molecular weight is 503 g/mol. The van der Waals surface area contributed by atoms with Gasteiger partial charge in [0.25, 0.3) is 0 Å². The van der Waals surface area contributed by atoms with Gasteiger partial charge in [-0.15, -0.1) is 0 Å². The maximum absolute atomic E-state index is 6.08. The fourth-order valence-corrected chi connectivity index (χ4v) is 3.79. The smallest absolute Gasteiger partial charge is 0.243 e. The van der Waals surface area contributed by atoms with Gasteiger partial charge in [0, 0.05) is 61.7 Å². The molecule has 6 rings (SSSR count). The number of nitrogens with zero attached hydrogens (tertiary/aromatic N) is 8. The van der Waals surface area contributed by atoms with Crippen LogP contribution in [0.25, 0.3) is 22.8 Å². The lowest BCUT2D eigenvalue weighted by Crippen LogP contribution is -2.28. The van der Waals surface area contributed by atoms with Crippen LogP contribution in [0.4, 0.5) is 0 Å². The van der Waals surface area contributed by atoms with Gasteiger partial charge in [0.15, 0.2) is 0 Å². The molecular formula is C28H22N8O2. The monoisotopic (exact) mass is 502 g/mol. The highest BCUT2D eigenvalue weighted by molar-refractivity contribution is 5.58. The molecule has 0 spiro atoms. The number of aromatic nitrogens is 8. The van der Waals surface area contributed by atoms with E-state index in [1.54, 1.807) is 49.3 Å². The van der Waals surface area contributed by atoms with Crippen LogP contribution in [0.1, 0.15) is 0 Å². The molecule has 6 aromatic rings. The zero-order valence-corrected chi connectivity index (χ0v) is 20.6. The molecule has 6 aromatic heterocycles. The van der Waals surface area contributed by atoms with E-state index in [0.717, 1.165) is 11.4 Å². The normalized spacial score (nSPS) is 10.9. The van der Waals surface area contributed by atoms with Gasteiger partial charge in [-0.3, -0.25) is 19.9 Å². The lowest BCUT2D eigenvalue weighted by Gasteiger charge is -2.10. The van der Waals surface area contributed by atoms with E-state index in [-0.39, 0.29) is 0 Å². The van der Waals surface area contributed by atoms with Gasteiger partial charge < -0.3 is 27.7 Å². The van der Waals surface area contributed by atoms with Gasteiger partial charge in [-0.25, -0.2) is 0 Å². The number of aryl methyl sites for hydroxylation is 2. The molecule has 0 N–H and O–H groups in total. The predicted molar refractivity (Wildman–Crippen MR) is 135 cm³/mol. The van der Waals surface area contributed by atoms with Crippen molar-refractivity contribution in [2.24, 2.45) is 14.1 Å². The standard InChI is InChI=1S/C28H22N8O2/c1-33-7-9-35(19-33)21-11-25(17-29-15-21)37-23-3-5-31-27(13-23)28-14-24(4-6-32-28)38-26-12-22(16-30-18-26)36-10-8-34(2)20-36/h3-18H,1-2H3. The van der Waals surface area contributed by atoms with Crippen molar-refractivity contribution < 1.29 is 18.6 Å². The van der Waals surface area contributed by atoms with Crippen LogP contribution in [0.15, 0.2) is 98.4 Å². The SMILES string of the molecule is Cn1[c-][n+](-c2cncc(Oc3ccnc(-c4cc(Oc5cncc(-[n+]6[c-]n(C)cc6)c5)ccn4)c3)c2)cc1. The average Bonchev–Trinajstić information content (AvgIpc) is 3.58. The Balaban J connectivity index is 1.21. The first-order valence-electron chi connectivity index (χ1n) is 11.7. The molecule has 10 nitrogen and oxygen atoms in total. The van der Waals surface area contributed by atoms with Crippen molar-refractivity contribution in [1.29, 1.82) is 0 Å². The molecule has 0 aliphatic heterocycles. The summed E-state index contributed by atoms with van der Waals surface area (Å²) in [7, 11) is 3.82. The Morgan fingerprint density at radius 3 is 1.53 bits per heavy atom. The summed E-state index contributed by atoms with van der Waals surface area (Å²) in [6.45, 7) is 0. The number of rotatable bonds is 7. The molecule has 6 heterocycles. The van der Waals surface area contributed by atoms with Crippen molar-refractivity contribution in [2.75, 3.05) is 0 Å². The van der Waals surface area contributed by atoms with Crippen molar-refractivity contribution in [2.45, 2.75) is 0 Å². The van der Waals surface area contributed by atoms with Gasteiger partial charge in [0.1, 0.15) is 23.0 Å². The van der Waals surface area contributed by atoms with E-state index in [1.807, 2.05) is 81.4 Å². The quantitative estimate of drug-likeness (QED) is 0.246. The Kier molecular flexibility index (Phi) is 6.03. The summed E-state index contributed by atoms with van der Waals surface area (Å²) in [6.07, 6.45) is 24.1. The first kappa shape index (κ1) is 23.0. The molecule has 0 atom stereocenters. The lowest BCUT2D eigenvalue weighted by molar-refractivity contribution is -0.600. The summed E-state index contributed by atoms with van der Waals surface area (Å²) < 4.78 is 19.5. The number of hydrogen-bond donors (Lipinski definition) is 0. The van der Waals surface area contributed by atoms with E-state index >= 15 is 0 Å². The molecule has 186 valence electrons. The molecule has 0 saturated heterocycles. The van der Waals surface area contributed by atoms with Gasteiger partial charge in [-0.05, 0) is 24.3 Å². The Labute approximate surface area is 218 Å². The zero-order valence-electron chi connectivity index (χ0n) is 20.6. The lowest BCUT2D eigenvalue weighted by atomic mass is 10.2. The van der Waals surface area contributed by atoms with Crippen molar-refractivity contribution in [3.05, 3.63) is 111 Å². The molecular weight excluding hydrogens is 480 g/mol. The van der Waals surface area contributed by atoms with Crippen molar-refractivity contribution in [3.8, 4) is 45.8 Å². The molecule has 0 aromatic carbocycles. The van der Waals surface area contributed by atoms with Crippen LogP contribution in [0, 0.1) is 12.7 Å². The third kappa shape index (κ3) is 5.09. The topological polar surface area (TPSA) is 87.6 Å². The third-order valence-electron chi connectivity index (χ3n) is 5.56. The van der Waals surface area contributed by atoms with Crippen LogP contribution in [-0.4, -0.2) is 29.1 Å². The van der Waals surface area contributed by atoms with Gasteiger partial charge in [-0.1, -0.05) is 0 Å². The molecule has 0 aliphatic carbocycles. The fraction of sp³-hybridized carbons (Fsp3) is 0.0714. The minimum atomic E-state index is 0.593. The van der Waals surface area contributed by atoms with E-state index in [0.29, 0.717) is 34.4 Å². The Morgan fingerprint density at radius 1 is 0.632 bits per heavy atom. The predicted octanol–water partition coefficient (Wildman–Crippen LogP) is 3.35. The van der Waals surface area contributed by atoms with Gasteiger partial charge in [0.05, 0.1) is 49.3 Å². The van der Waals surface area contributed by atoms with E-state index in [9.17, 15) is 0 Å². The van der Waals surface area contributed by atoms with Crippen LogP contribution in [0.5, 0.6) is 23.0 Å². The van der Waals surface area contributed by atoms with Crippen LogP contribution in [0.2, 0.25) is 0 Å². The molecule has 0 fully saturated rings. The molecule has 0 aliphatic rings. The molecule has 0 amide bonds. The third-order valence-corrected chi connectivity index (χ3v) is 5.56.